The molecule has 57 heavy (non-hydrogen) atoms. The van der Waals surface area contributed by atoms with Gasteiger partial charge in [-0.05, 0) is 19.3 Å². The minimum absolute atomic E-state index is 0.184. The molecule has 7 unspecified atom stereocenters. The second-order valence-corrected chi connectivity index (χ2v) is 17.3. The lowest BCUT2D eigenvalue weighted by Gasteiger charge is -2.40. The van der Waals surface area contributed by atoms with Crippen molar-refractivity contribution in [2.75, 3.05) is 13.2 Å². The minimum atomic E-state index is -1.56. The highest BCUT2D eigenvalue weighted by atomic mass is 16.7. The molecule has 6 N–H and O–H groups in total. The van der Waals surface area contributed by atoms with Crippen LogP contribution in [0.25, 0.3) is 0 Å². The molecule has 0 spiro atoms. The molecule has 1 aliphatic rings. The maximum absolute atomic E-state index is 12.8. The van der Waals surface area contributed by atoms with Crippen LogP contribution in [0.5, 0.6) is 0 Å². The summed E-state index contributed by atoms with van der Waals surface area (Å²) in [4.78, 5) is 12.8. The summed E-state index contributed by atoms with van der Waals surface area (Å²) in [6.07, 6.45) is 38.9. The number of unbranched alkanes of at least 4 members (excludes halogenated alkanes) is 31. The minimum Gasteiger partial charge on any atom is -0.394 e. The molecular formula is C48H93NO8. The summed E-state index contributed by atoms with van der Waals surface area (Å²) in [5, 5.41) is 53.9. The van der Waals surface area contributed by atoms with Crippen LogP contribution < -0.4 is 5.32 Å². The molecule has 1 amide bonds. The van der Waals surface area contributed by atoms with Crippen LogP contribution in [0, 0.1) is 0 Å². The number of nitrogens with one attached hydrogen (secondary N) is 1. The second kappa shape index (κ2) is 39.1. The lowest BCUT2D eigenvalue weighted by Crippen LogP contribution is -2.60. The van der Waals surface area contributed by atoms with Crippen molar-refractivity contribution in [1.29, 1.82) is 0 Å². The molecule has 0 aromatic carbocycles. The maximum atomic E-state index is 12.8. The number of hydrogen-bond donors (Lipinski definition) is 6. The predicted octanol–water partition coefficient (Wildman–Crippen LogP) is 10.5. The van der Waals surface area contributed by atoms with Crippen molar-refractivity contribution < 1.29 is 39.8 Å². The van der Waals surface area contributed by atoms with Crippen molar-refractivity contribution >= 4 is 5.91 Å². The third-order valence-corrected chi connectivity index (χ3v) is 11.9. The zero-order chi connectivity index (χ0) is 41.6. The SMILES string of the molecule is CCCCCCCCCCCCCCCCCCCCCCCCCCCC/C=C/C(O)C(COC1OC(CO)C(O)C(O)C1O)NC(=O)CCCCCCCC. The highest BCUT2D eigenvalue weighted by molar-refractivity contribution is 5.76. The van der Waals surface area contributed by atoms with E-state index in [4.69, 9.17) is 9.47 Å². The van der Waals surface area contributed by atoms with Crippen molar-refractivity contribution in [3.05, 3.63) is 12.2 Å². The van der Waals surface area contributed by atoms with E-state index in [0.717, 1.165) is 44.9 Å². The zero-order valence-corrected chi connectivity index (χ0v) is 37.1. The van der Waals surface area contributed by atoms with E-state index in [9.17, 15) is 30.3 Å². The van der Waals surface area contributed by atoms with Gasteiger partial charge in [-0.25, -0.2) is 0 Å². The van der Waals surface area contributed by atoms with Gasteiger partial charge in [0, 0.05) is 6.42 Å². The standard InChI is InChI=1S/C48H93NO8/c1-3-5-7-9-11-12-13-14-15-16-17-18-19-20-21-22-23-24-25-26-27-28-29-30-31-32-33-35-37-42(51)41(49-44(52)38-36-34-10-8-6-4-2)40-56-48-47(55)46(54)45(53)43(39-50)57-48/h35,37,41-43,45-48,50-51,53-55H,3-34,36,38-40H2,1-2H3,(H,49,52)/b37-35+. The van der Waals surface area contributed by atoms with Gasteiger partial charge in [-0.2, -0.15) is 0 Å². The number of ether oxygens (including phenoxy) is 2. The Morgan fingerprint density at radius 3 is 1.37 bits per heavy atom. The Labute approximate surface area is 350 Å². The predicted molar refractivity (Wildman–Crippen MR) is 235 cm³/mol. The van der Waals surface area contributed by atoms with Gasteiger partial charge >= 0.3 is 0 Å². The second-order valence-electron chi connectivity index (χ2n) is 17.3. The van der Waals surface area contributed by atoms with E-state index in [0.29, 0.717) is 6.42 Å². The Balaban J connectivity index is 2.12. The van der Waals surface area contributed by atoms with Gasteiger partial charge in [-0.3, -0.25) is 4.79 Å². The Morgan fingerprint density at radius 2 is 0.965 bits per heavy atom. The Hall–Kier alpha value is -1.07. The molecular weight excluding hydrogens is 719 g/mol. The zero-order valence-electron chi connectivity index (χ0n) is 37.1. The van der Waals surface area contributed by atoms with Gasteiger partial charge in [0.25, 0.3) is 0 Å². The van der Waals surface area contributed by atoms with Crippen LogP contribution in [0.3, 0.4) is 0 Å². The van der Waals surface area contributed by atoms with E-state index in [1.165, 1.54) is 167 Å². The van der Waals surface area contributed by atoms with Crippen molar-refractivity contribution in [2.45, 2.75) is 275 Å². The van der Waals surface area contributed by atoms with Gasteiger partial charge in [-0.1, -0.05) is 219 Å². The first-order valence-corrected chi connectivity index (χ1v) is 24.4. The average molecular weight is 812 g/mol. The molecule has 1 aliphatic heterocycles. The number of allylic oxidation sites excluding steroid dienone is 1. The van der Waals surface area contributed by atoms with Crippen molar-refractivity contribution in [1.82, 2.24) is 5.32 Å². The number of carbonyl (C=O) groups is 1. The molecule has 0 bridgehead atoms. The maximum Gasteiger partial charge on any atom is 0.220 e. The van der Waals surface area contributed by atoms with Gasteiger partial charge in [0.2, 0.25) is 5.91 Å². The van der Waals surface area contributed by atoms with Gasteiger partial charge in [0.1, 0.15) is 24.4 Å². The van der Waals surface area contributed by atoms with Crippen LogP contribution in [0.4, 0.5) is 0 Å². The molecule has 0 aliphatic carbocycles. The quantitative estimate of drug-likeness (QED) is 0.0264. The summed E-state index contributed by atoms with van der Waals surface area (Å²) >= 11 is 0. The van der Waals surface area contributed by atoms with Gasteiger partial charge in [0.05, 0.1) is 25.4 Å². The third kappa shape index (κ3) is 29.7. The molecule has 1 saturated heterocycles. The van der Waals surface area contributed by atoms with Crippen LogP contribution in [-0.2, 0) is 14.3 Å². The first-order chi connectivity index (χ1) is 27.8. The molecule has 0 aromatic heterocycles. The molecule has 0 aromatic rings. The Bertz CT molecular complexity index is 904. The monoisotopic (exact) mass is 812 g/mol. The number of aliphatic hydroxyl groups is 5. The molecule has 0 radical (unpaired) electrons. The van der Waals surface area contributed by atoms with Crippen LogP contribution in [0.2, 0.25) is 0 Å². The summed E-state index contributed by atoms with van der Waals surface area (Å²) in [7, 11) is 0. The number of aliphatic hydroxyl groups excluding tert-OH is 5. The largest absolute Gasteiger partial charge is 0.394 e. The highest BCUT2D eigenvalue weighted by Crippen LogP contribution is 2.23. The topological polar surface area (TPSA) is 149 Å². The van der Waals surface area contributed by atoms with E-state index >= 15 is 0 Å². The van der Waals surface area contributed by atoms with Gasteiger partial charge in [-0.15, -0.1) is 0 Å². The molecule has 1 rings (SSSR count). The first-order valence-electron chi connectivity index (χ1n) is 24.4. The van der Waals surface area contributed by atoms with Gasteiger partial charge < -0.3 is 40.3 Å². The molecule has 1 heterocycles. The summed E-state index contributed by atoms with van der Waals surface area (Å²) in [6.45, 7) is 3.72. The number of amides is 1. The van der Waals surface area contributed by atoms with Crippen molar-refractivity contribution in [3.63, 3.8) is 0 Å². The summed E-state index contributed by atoms with van der Waals surface area (Å²) < 4.78 is 11.2. The van der Waals surface area contributed by atoms with E-state index in [2.05, 4.69) is 19.2 Å². The van der Waals surface area contributed by atoms with Crippen LogP contribution >= 0.6 is 0 Å². The molecule has 1 fully saturated rings. The van der Waals surface area contributed by atoms with Gasteiger partial charge in [0.15, 0.2) is 6.29 Å². The molecule has 338 valence electrons. The normalized spacial score (nSPS) is 21.0. The van der Waals surface area contributed by atoms with Crippen molar-refractivity contribution in [3.8, 4) is 0 Å². The smallest absolute Gasteiger partial charge is 0.220 e. The highest BCUT2D eigenvalue weighted by Gasteiger charge is 2.44. The van der Waals surface area contributed by atoms with E-state index < -0.39 is 49.5 Å². The Kier molecular flexibility index (Phi) is 37.0. The van der Waals surface area contributed by atoms with Crippen LogP contribution in [-0.4, -0.2) is 87.5 Å². The van der Waals surface area contributed by atoms with Crippen LogP contribution in [0.15, 0.2) is 12.2 Å². The number of carbonyl (C=O) groups excluding carboxylic acids is 1. The van der Waals surface area contributed by atoms with E-state index in [1.807, 2.05) is 6.08 Å². The van der Waals surface area contributed by atoms with Crippen molar-refractivity contribution in [2.24, 2.45) is 0 Å². The molecule has 9 heteroatoms. The lowest BCUT2D eigenvalue weighted by atomic mass is 9.99. The fraction of sp³-hybridized carbons (Fsp3) is 0.938. The summed E-state index contributed by atoms with van der Waals surface area (Å²) in [5.41, 5.74) is 0. The molecule has 0 saturated carbocycles. The fourth-order valence-electron chi connectivity index (χ4n) is 7.92. The molecule has 9 nitrogen and oxygen atoms in total. The summed E-state index contributed by atoms with van der Waals surface area (Å²) in [6, 6.07) is -0.796. The third-order valence-electron chi connectivity index (χ3n) is 11.9. The lowest BCUT2D eigenvalue weighted by molar-refractivity contribution is -0.302. The molecule has 7 atom stereocenters. The van der Waals surface area contributed by atoms with E-state index in [-0.39, 0.29) is 12.5 Å². The number of hydrogen-bond acceptors (Lipinski definition) is 8. The fourth-order valence-corrected chi connectivity index (χ4v) is 7.92. The number of rotatable bonds is 41. The average Bonchev–Trinajstić information content (AvgIpc) is 3.21. The summed E-state index contributed by atoms with van der Waals surface area (Å²) in [5.74, 6) is -0.184. The van der Waals surface area contributed by atoms with E-state index in [1.54, 1.807) is 6.08 Å². The van der Waals surface area contributed by atoms with Crippen LogP contribution in [0.1, 0.15) is 232 Å². The Morgan fingerprint density at radius 1 is 0.579 bits per heavy atom. The first kappa shape index (κ1) is 53.9.